The third-order valence-corrected chi connectivity index (χ3v) is 2.68. The normalized spacial score (nSPS) is 26.3. The Kier molecular flexibility index (Phi) is 4.25. The average molecular weight is 241 g/mol. The molecule has 1 heterocycles. The number of allylic oxidation sites excluding steroid dienone is 1. The van der Waals surface area contributed by atoms with Crippen LogP contribution < -0.4 is 5.32 Å². The maximum atomic E-state index is 12.0. The maximum Gasteiger partial charge on any atom is 0.322 e. The fraction of sp³-hybridized carbons (Fsp3) is 0.545. The number of carbonyl (C=O) groups is 3. The summed E-state index contributed by atoms with van der Waals surface area (Å²) in [6, 6.07) is 0. The number of piperidine rings is 1. The number of nitrogens with one attached hydrogen (secondary N) is 1. The summed E-state index contributed by atoms with van der Waals surface area (Å²) in [6.45, 7) is 1.84. The summed E-state index contributed by atoms with van der Waals surface area (Å²) in [6.07, 6.45) is 1.62. The molecule has 1 rings (SSSR count). The number of rotatable bonds is 2. The Balaban J connectivity index is 3.00. The van der Waals surface area contributed by atoms with Crippen LogP contribution in [-0.2, 0) is 23.9 Å². The largest absolute Gasteiger partial charge is 0.468 e. The van der Waals surface area contributed by atoms with Crippen LogP contribution in [0.1, 0.15) is 6.92 Å². The van der Waals surface area contributed by atoms with E-state index >= 15 is 0 Å². The molecule has 2 atom stereocenters. The van der Waals surface area contributed by atoms with Crippen LogP contribution in [0.5, 0.6) is 0 Å². The van der Waals surface area contributed by atoms with E-state index in [4.69, 9.17) is 0 Å². The van der Waals surface area contributed by atoms with Gasteiger partial charge in [-0.1, -0.05) is 6.08 Å². The number of hydrogen-bond acceptors (Lipinski definition) is 6. The molecular weight excluding hydrogens is 226 g/mol. The number of ketones is 1. The van der Waals surface area contributed by atoms with Crippen molar-refractivity contribution in [3.05, 3.63) is 11.8 Å². The van der Waals surface area contributed by atoms with Crippen molar-refractivity contribution in [2.24, 2.45) is 11.8 Å². The Bertz CT molecular complexity index is 374. The van der Waals surface area contributed by atoms with Gasteiger partial charge in [0.15, 0.2) is 11.7 Å². The Morgan fingerprint density at radius 1 is 1.29 bits per heavy atom. The highest BCUT2D eigenvalue weighted by Crippen LogP contribution is 2.22. The van der Waals surface area contributed by atoms with Gasteiger partial charge in [0, 0.05) is 12.2 Å². The number of ether oxygens (including phenoxy) is 2. The maximum absolute atomic E-state index is 12.0. The van der Waals surface area contributed by atoms with Crippen LogP contribution in [0.25, 0.3) is 0 Å². The van der Waals surface area contributed by atoms with E-state index in [2.05, 4.69) is 14.8 Å². The molecule has 0 saturated carbocycles. The first-order valence-electron chi connectivity index (χ1n) is 5.16. The molecule has 2 unspecified atom stereocenters. The molecule has 0 radical (unpaired) electrons. The lowest BCUT2D eigenvalue weighted by Gasteiger charge is -2.28. The number of Topliss-reactive ketones (excluding diaryl/α,β-unsaturated/α-hetero) is 1. The summed E-state index contributed by atoms with van der Waals surface area (Å²) >= 11 is 0. The van der Waals surface area contributed by atoms with Crippen LogP contribution >= 0.6 is 0 Å². The first kappa shape index (κ1) is 13.2. The van der Waals surface area contributed by atoms with Gasteiger partial charge in [-0.15, -0.1) is 0 Å². The fourth-order valence-corrected chi connectivity index (χ4v) is 1.75. The lowest BCUT2D eigenvalue weighted by Crippen LogP contribution is -2.49. The monoisotopic (exact) mass is 241 g/mol. The van der Waals surface area contributed by atoms with E-state index in [1.165, 1.54) is 14.2 Å². The molecule has 6 heteroatoms. The van der Waals surface area contributed by atoms with Crippen molar-refractivity contribution in [1.82, 2.24) is 5.32 Å². The molecule has 1 N–H and O–H groups in total. The van der Waals surface area contributed by atoms with E-state index in [1.807, 2.05) is 0 Å². The molecule has 6 nitrogen and oxygen atoms in total. The summed E-state index contributed by atoms with van der Waals surface area (Å²) in [4.78, 5) is 34.9. The average Bonchev–Trinajstić information content (AvgIpc) is 2.36. The summed E-state index contributed by atoms with van der Waals surface area (Å²) in [5.74, 6) is -3.85. The van der Waals surface area contributed by atoms with Crippen molar-refractivity contribution < 1.29 is 23.9 Å². The van der Waals surface area contributed by atoms with Gasteiger partial charge in [-0.25, -0.2) is 0 Å². The van der Waals surface area contributed by atoms with Crippen molar-refractivity contribution >= 4 is 17.7 Å². The molecule has 0 aromatic carbocycles. The van der Waals surface area contributed by atoms with E-state index < -0.39 is 29.6 Å². The SMILES string of the molecule is CC=C1NCC(C(=O)OC)C(=O)C1C(=O)OC. The highest BCUT2D eigenvalue weighted by atomic mass is 16.5. The standard InChI is InChI=1S/C11H15NO5/c1-4-7-8(11(15)17-3)9(13)6(5-12-7)10(14)16-2/h4,6,8,12H,5H2,1-3H3. The molecule has 0 amide bonds. The van der Waals surface area contributed by atoms with Crippen LogP contribution in [0.3, 0.4) is 0 Å². The van der Waals surface area contributed by atoms with E-state index in [0.29, 0.717) is 5.70 Å². The van der Waals surface area contributed by atoms with Crippen LogP contribution in [0.4, 0.5) is 0 Å². The van der Waals surface area contributed by atoms with Gasteiger partial charge in [0.1, 0.15) is 5.92 Å². The molecule has 0 aliphatic carbocycles. The predicted molar refractivity (Wildman–Crippen MR) is 57.8 cm³/mol. The van der Waals surface area contributed by atoms with Gasteiger partial charge < -0.3 is 14.8 Å². The zero-order chi connectivity index (χ0) is 13.0. The minimum atomic E-state index is -1.07. The van der Waals surface area contributed by atoms with Crippen molar-refractivity contribution in [2.75, 3.05) is 20.8 Å². The van der Waals surface area contributed by atoms with Crippen LogP contribution in [0.2, 0.25) is 0 Å². The Morgan fingerprint density at radius 3 is 2.35 bits per heavy atom. The molecule has 0 aromatic rings. The Morgan fingerprint density at radius 2 is 1.88 bits per heavy atom. The van der Waals surface area contributed by atoms with Gasteiger partial charge in [-0.2, -0.15) is 0 Å². The third kappa shape index (κ3) is 2.46. The smallest absolute Gasteiger partial charge is 0.322 e. The van der Waals surface area contributed by atoms with E-state index in [0.717, 1.165) is 0 Å². The van der Waals surface area contributed by atoms with Crippen molar-refractivity contribution in [3.8, 4) is 0 Å². The summed E-state index contributed by atoms with van der Waals surface area (Å²) < 4.78 is 9.08. The first-order chi connectivity index (χ1) is 8.06. The molecule has 17 heavy (non-hydrogen) atoms. The molecular formula is C11H15NO5. The minimum Gasteiger partial charge on any atom is -0.468 e. The van der Waals surface area contributed by atoms with Crippen LogP contribution in [0, 0.1) is 11.8 Å². The van der Waals surface area contributed by atoms with Gasteiger partial charge in [0.05, 0.1) is 14.2 Å². The number of hydrogen-bond donors (Lipinski definition) is 1. The first-order valence-corrected chi connectivity index (χ1v) is 5.16. The Labute approximate surface area is 99.0 Å². The third-order valence-electron chi connectivity index (χ3n) is 2.68. The number of esters is 2. The van der Waals surface area contributed by atoms with Gasteiger partial charge in [-0.3, -0.25) is 14.4 Å². The second-order valence-corrected chi connectivity index (χ2v) is 3.56. The fourth-order valence-electron chi connectivity index (χ4n) is 1.75. The lowest BCUT2D eigenvalue weighted by atomic mass is 9.86. The van der Waals surface area contributed by atoms with Crippen molar-refractivity contribution in [1.29, 1.82) is 0 Å². The zero-order valence-electron chi connectivity index (χ0n) is 9.98. The van der Waals surface area contributed by atoms with E-state index in [-0.39, 0.29) is 6.54 Å². The quantitative estimate of drug-likeness (QED) is 0.525. The van der Waals surface area contributed by atoms with E-state index in [1.54, 1.807) is 13.0 Å². The summed E-state index contributed by atoms with van der Waals surface area (Å²) in [5, 5.41) is 2.87. The van der Waals surface area contributed by atoms with Crippen molar-refractivity contribution in [2.45, 2.75) is 6.92 Å². The minimum absolute atomic E-state index is 0.138. The zero-order valence-corrected chi connectivity index (χ0v) is 9.98. The molecule has 1 aliphatic rings. The Hall–Kier alpha value is -1.85. The van der Waals surface area contributed by atoms with Gasteiger partial charge >= 0.3 is 11.9 Å². The highest BCUT2D eigenvalue weighted by Gasteiger charge is 2.43. The second-order valence-electron chi connectivity index (χ2n) is 3.56. The lowest BCUT2D eigenvalue weighted by molar-refractivity contribution is -0.155. The van der Waals surface area contributed by atoms with Crippen LogP contribution in [0.15, 0.2) is 11.8 Å². The molecule has 1 saturated heterocycles. The molecule has 1 fully saturated rings. The van der Waals surface area contributed by atoms with Crippen LogP contribution in [-0.4, -0.2) is 38.5 Å². The number of methoxy groups -OCH3 is 2. The topological polar surface area (TPSA) is 81.7 Å². The molecule has 1 aliphatic heterocycles. The highest BCUT2D eigenvalue weighted by molar-refractivity contribution is 6.11. The molecule has 0 spiro atoms. The number of carbonyl (C=O) groups excluding carboxylic acids is 3. The second kappa shape index (κ2) is 5.47. The summed E-state index contributed by atoms with van der Waals surface area (Å²) in [5.41, 5.74) is 0.460. The van der Waals surface area contributed by atoms with E-state index in [9.17, 15) is 14.4 Å². The molecule has 94 valence electrons. The predicted octanol–water partition coefficient (Wildman–Crippen LogP) is -0.359. The summed E-state index contributed by atoms with van der Waals surface area (Å²) in [7, 11) is 2.40. The van der Waals surface area contributed by atoms with Gasteiger partial charge in [0.25, 0.3) is 0 Å². The van der Waals surface area contributed by atoms with Gasteiger partial charge in [0.2, 0.25) is 0 Å². The molecule has 0 aromatic heterocycles. The van der Waals surface area contributed by atoms with Gasteiger partial charge in [-0.05, 0) is 6.92 Å². The van der Waals surface area contributed by atoms with Crippen molar-refractivity contribution in [3.63, 3.8) is 0 Å². The molecule has 0 bridgehead atoms.